The molecule has 112 valence electrons. The maximum atomic E-state index is 13.3. The first kappa shape index (κ1) is 15.8. The minimum atomic E-state index is -1.86. The zero-order valence-corrected chi connectivity index (χ0v) is 13.3. The summed E-state index contributed by atoms with van der Waals surface area (Å²) in [5.74, 6) is -1.68. The van der Waals surface area contributed by atoms with E-state index in [0.717, 1.165) is 16.8 Å². The summed E-state index contributed by atoms with van der Waals surface area (Å²) in [4.78, 5) is 0. The van der Waals surface area contributed by atoms with E-state index in [2.05, 4.69) is 0 Å². The third-order valence-electron chi connectivity index (χ3n) is 3.07. The van der Waals surface area contributed by atoms with Crippen LogP contribution in [-0.4, -0.2) is 22.5 Å². The maximum Gasteiger partial charge on any atom is 0.355 e. The van der Waals surface area contributed by atoms with Gasteiger partial charge in [-0.3, -0.25) is 0 Å². The second-order valence-corrected chi connectivity index (χ2v) is 6.49. The molecule has 0 aliphatic rings. The minimum Gasteiger partial charge on any atom is -0.394 e. The molecule has 0 saturated heterocycles. The van der Waals surface area contributed by atoms with Crippen molar-refractivity contribution in [1.82, 2.24) is 0 Å². The van der Waals surface area contributed by atoms with Crippen molar-refractivity contribution in [3.63, 3.8) is 0 Å². The molecular weight excluding hydrogens is 290 g/mol. The molecule has 0 radical (unpaired) electrons. The van der Waals surface area contributed by atoms with Gasteiger partial charge in [0.05, 0.1) is 0 Å². The van der Waals surface area contributed by atoms with Gasteiger partial charge < -0.3 is 8.85 Å². The SMILES string of the molecule is CCO[SiH](OCC)c1ccc(-c2ccc(F)c(F)c2)cc1. The van der Waals surface area contributed by atoms with Crippen LogP contribution in [0.5, 0.6) is 0 Å². The van der Waals surface area contributed by atoms with E-state index in [0.29, 0.717) is 18.8 Å². The predicted molar refractivity (Wildman–Crippen MR) is 81.8 cm³/mol. The van der Waals surface area contributed by atoms with Crippen LogP contribution in [-0.2, 0) is 8.85 Å². The van der Waals surface area contributed by atoms with Crippen molar-refractivity contribution in [2.24, 2.45) is 0 Å². The van der Waals surface area contributed by atoms with Crippen LogP contribution in [0.3, 0.4) is 0 Å². The summed E-state index contributed by atoms with van der Waals surface area (Å²) < 4.78 is 37.5. The summed E-state index contributed by atoms with van der Waals surface area (Å²) >= 11 is 0. The quantitative estimate of drug-likeness (QED) is 0.763. The van der Waals surface area contributed by atoms with Crippen LogP contribution in [0.2, 0.25) is 0 Å². The van der Waals surface area contributed by atoms with Gasteiger partial charge in [0.1, 0.15) is 0 Å². The molecule has 0 N–H and O–H groups in total. The lowest BCUT2D eigenvalue weighted by Crippen LogP contribution is -2.36. The third kappa shape index (κ3) is 3.97. The highest BCUT2D eigenvalue weighted by atomic mass is 28.3. The van der Waals surface area contributed by atoms with Gasteiger partial charge in [0, 0.05) is 13.2 Å². The molecule has 0 saturated carbocycles. The average Bonchev–Trinajstić information content (AvgIpc) is 2.50. The second kappa shape index (κ2) is 7.45. The molecule has 0 heterocycles. The molecule has 0 bridgehead atoms. The lowest BCUT2D eigenvalue weighted by atomic mass is 10.1. The van der Waals surface area contributed by atoms with Crippen LogP contribution in [0.4, 0.5) is 8.78 Å². The van der Waals surface area contributed by atoms with Gasteiger partial charge in [-0.2, -0.15) is 0 Å². The molecule has 5 heteroatoms. The fourth-order valence-corrected chi connectivity index (χ4v) is 3.65. The van der Waals surface area contributed by atoms with Crippen molar-refractivity contribution < 1.29 is 17.6 Å². The van der Waals surface area contributed by atoms with E-state index in [1.807, 2.05) is 38.1 Å². The summed E-state index contributed by atoms with van der Waals surface area (Å²) in [6.45, 7) is 5.10. The number of rotatable bonds is 6. The molecule has 2 aromatic rings. The smallest absolute Gasteiger partial charge is 0.355 e. The number of hydrogen-bond donors (Lipinski definition) is 0. The van der Waals surface area contributed by atoms with Gasteiger partial charge in [0.2, 0.25) is 0 Å². The highest BCUT2D eigenvalue weighted by Crippen LogP contribution is 2.20. The largest absolute Gasteiger partial charge is 0.394 e. The van der Waals surface area contributed by atoms with E-state index < -0.39 is 20.9 Å². The van der Waals surface area contributed by atoms with Crippen LogP contribution in [0, 0.1) is 11.6 Å². The van der Waals surface area contributed by atoms with Crippen molar-refractivity contribution in [2.45, 2.75) is 13.8 Å². The lowest BCUT2D eigenvalue weighted by Gasteiger charge is -2.15. The molecule has 0 aliphatic carbocycles. The van der Waals surface area contributed by atoms with Crippen molar-refractivity contribution >= 4 is 14.5 Å². The minimum absolute atomic E-state index is 0.613. The Morgan fingerprint density at radius 1 is 0.810 bits per heavy atom. The van der Waals surface area contributed by atoms with E-state index in [4.69, 9.17) is 8.85 Å². The molecule has 2 rings (SSSR count). The lowest BCUT2D eigenvalue weighted by molar-refractivity contribution is 0.225. The van der Waals surface area contributed by atoms with Crippen LogP contribution in [0.25, 0.3) is 11.1 Å². The van der Waals surface area contributed by atoms with E-state index in [1.165, 1.54) is 6.07 Å². The molecule has 0 unspecified atom stereocenters. The van der Waals surface area contributed by atoms with E-state index >= 15 is 0 Å². The highest BCUT2D eigenvalue weighted by molar-refractivity contribution is 6.61. The topological polar surface area (TPSA) is 18.5 Å². The fourth-order valence-electron chi connectivity index (χ4n) is 2.05. The summed E-state index contributed by atoms with van der Waals surface area (Å²) in [7, 11) is -1.86. The maximum absolute atomic E-state index is 13.3. The molecule has 2 aromatic carbocycles. The van der Waals surface area contributed by atoms with Crippen LogP contribution < -0.4 is 5.19 Å². The Kier molecular flexibility index (Phi) is 5.61. The van der Waals surface area contributed by atoms with E-state index in [1.54, 1.807) is 6.07 Å². The zero-order chi connectivity index (χ0) is 15.2. The first-order chi connectivity index (χ1) is 10.2. The highest BCUT2D eigenvalue weighted by Gasteiger charge is 2.15. The van der Waals surface area contributed by atoms with Gasteiger partial charge >= 0.3 is 9.28 Å². The third-order valence-corrected chi connectivity index (χ3v) is 5.27. The second-order valence-electron chi connectivity index (χ2n) is 4.49. The van der Waals surface area contributed by atoms with Crippen molar-refractivity contribution in [1.29, 1.82) is 0 Å². The van der Waals surface area contributed by atoms with Crippen molar-refractivity contribution in [3.8, 4) is 11.1 Å². The monoisotopic (exact) mass is 308 g/mol. The van der Waals surface area contributed by atoms with E-state index in [-0.39, 0.29) is 0 Å². The Morgan fingerprint density at radius 3 is 1.90 bits per heavy atom. The standard InChI is InChI=1S/C16H18F2O2Si/c1-3-19-21(20-4-2)14-8-5-12(6-9-14)13-7-10-15(17)16(18)11-13/h5-11,21H,3-4H2,1-2H3. The van der Waals surface area contributed by atoms with Crippen molar-refractivity contribution in [2.75, 3.05) is 13.2 Å². The molecular formula is C16H18F2O2Si. The first-order valence-corrected chi connectivity index (χ1v) is 8.46. The fraction of sp³-hybridized carbons (Fsp3) is 0.250. The number of benzene rings is 2. The van der Waals surface area contributed by atoms with Gasteiger partial charge in [-0.25, -0.2) is 8.78 Å². The van der Waals surface area contributed by atoms with Crippen LogP contribution in [0.15, 0.2) is 42.5 Å². The predicted octanol–water partition coefficient (Wildman–Crippen LogP) is 3.13. The van der Waals surface area contributed by atoms with Gasteiger partial charge in [-0.15, -0.1) is 0 Å². The van der Waals surface area contributed by atoms with Crippen LogP contribution in [0.1, 0.15) is 13.8 Å². The Bertz CT molecular complexity index is 581. The summed E-state index contributed by atoms with van der Waals surface area (Å²) in [6.07, 6.45) is 0. The molecule has 0 atom stereocenters. The Labute approximate surface area is 125 Å². The Morgan fingerprint density at radius 2 is 1.38 bits per heavy atom. The van der Waals surface area contributed by atoms with Gasteiger partial charge in [-0.05, 0) is 42.3 Å². The van der Waals surface area contributed by atoms with E-state index in [9.17, 15) is 8.78 Å². The number of halogens is 2. The normalized spacial score (nSPS) is 11.1. The first-order valence-electron chi connectivity index (χ1n) is 6.94. The molecule has 0 amide bonds. The number of hydrogen-bond acceptors (Lipinski definition) is 2. The van der Waals surface area contributed by atoms with Gasteiger partial charge in [-0.1, -0.05) is 30.3 Å². The molecule has 2 nitrogen and oxygen atoms in total. The summed E-state index contributed by atoms with van der Waals surface area (Å²) in [5, 5.41) is 1.03. The molecule has 0 fully saturated rings. The Hall–Kier alpha value is -1.56. The van der Waals surface area contributed by atoms with Gasteiger partial charge in [0.15, 0.2) is 11.6 Å². The van der Waals surface area contributed by atoms with Crippen LogP contribution >= 0.6 is 0 Å². The average molecular weight is 308 g/mol. The molecule has 0 aromatic heterocycles. The van der Waals surface area contributed by atoms with Gasteiger partial charge in [0.25, 0.3) is 0 Å². The Balaban J connectivity index is 2.22. The molecule has 21 heavy (non-hydrogen) atoms. The summed E-state index contributed by atoms with van der Waals surface area (Å²) in [5.41, 5.74) is 1.48. The zero-order valence-electron chi connectivity index (χ0n) is 12.1. The van der Waals surface area contributed by atoms with Crippen molar-refractivity contribution in [3.05, 3.63) is 54.1 Å². The molecule has 0 spiro atoms. The summed E-state index contributed by atoms with van der Waals surface area (Å²) in [6, 6.07) is 11.5. The molecule has 0 aliphatic heterocycles.